The van der Waals surface area contributed by atoms with Crippen molar-refractivity contribution in [2.45, 2.75) is 38.8 Å². The fraction of sp³-hybridized carbons (Fsp3) is 0.600. The van der Waals surface area contributed by atoms with Crippen LogP contribution in [0.25, 0.3) is 0 Å². The Balaban J connectivity index is 1.30. The number of nitrogens with zero attached hydrogens (tertiary/aromatic N) is 7. The number of aromatic nitrogens is 4. The van der Waals surface area contributed by atoms with Crippen LogP contribution in [-0.2, 0) is 17.9 Å². The van der Waals surface area contributed by atoms with Crippen LogP contribution < -0.4 is 4.90 Å². The number of hydrogen-bond donors (Lipinski definition) is 0. The van der Waals surface area contributed by atoms with E-state index >= 15 is 0 Å². The number of anilines is 1. The fourth-order valence-corrected chi connectivity index (χ4v) is 4.05. The van der Waals surface area contributed by atoms with Crippen molar-refractivity contribution in [1.29, 1.82) is 0 Å². The highest BCUT2D eigenvalue weighted by molar-refractivity contribution is 5.76. The van der Waals surface area contributed by atoms with Crippen LogP contribution in [-0.4, -0.2) is 75.2 Å². The average Bonchev–Trinajstić information content (AvgIpc) is 3.00. The molecule has 156 valence electrons. The summed E-state index contributed by atoms with van der Waals surface area (Å²) in [5.41, 5.74) is 0.985. The number of rotatable bonds is 5. The van der Waals surface area contributed by atoms with Crippen molar-refractivity contribution in [1.82, 2.24) is 30.0 Å². The minimum atomic E-state index is -0.236. The van der Waals surface area contributed by atoms with Crippen LogP contribution in [0.3, 0.4) is 0 Å². The van der Waals surface area contributed by atoms with Crippen LogP contribution in [0.2, 0.25) is 0 Å². The molecule has 9 heteroatoms. The van der Waals surface area contributed by atoms with E-state index in [2.05, 4.69) is 25.3 Å². The predicted octanol–water partition coefficient (Wildman–Crippen LogP) is 1.54. The van der Waals surface area contributed by atoms with Crippen LogP contribution in [0.1, 0.15) is 31.5 Å². The third-order valence-electron chi connectivity index (χ3n) is 5.78. The third-order valence-corrected chi connectivity index (χ3v) is 5.78. The lowest BCUT2D eigenvalue weighted by Gasteiger charge is -2.36. The highest BCUT2D eigenvalue weighted by Gasteiger charge is 2.23. The van der Waals surface area contributed by atoms with E-state index in [9.17, 15) is 9.18 Å². The first-order chi connectivity index (χ1) is 14.2. The first kappa shape index (κ1) is 19.8. The lowest BCUT2D eigenvalue weighted by atomic mass is 10.2. The van der Waals surface area contributed by atoms with Crippen molar-refractivity contribution in [3.63, 3.8) is 0 Å². The van der Waals surface area contributed by atoms with Crippen molar-refractivity contribution in [3.8, 4) is 0 Å². The van der Waals surface area contributed by atoms with Gasteiger partial charge in [0, 0.05) is 31.9 Å². The zero-order valence-corrected chi connectivity index (χ0v) is 16.7. The molecular formula is C20H28FN7O. The van der Waals surface area contributed by atoms with Gasteiger partial charge in [-0.2, -0.15) is 0 Å². The third kappa shape index (κ3) is 5.09. The predicted molar refractivity (Wildman–Crippen MR) is 107 cm³/mol. The summed E-state index contributed by atoms with van der Waals surface area (Å²) in [6.07, 6.45) is 4.98. The zero-order chi connectivity index (χ0) is 20.1. The van der Waals surface area contributed by atoms with Gasteiger partial charge in [-0.25, -0.2) is 9.07 Å². The van der Waals surface area contributed by atoms with Crippen molar-refractivity contribution >= 4 is 11.6 Å². The molecule has 0 unspecified atom stereocenters. The van der Waals surface area contributed by atoms with Crippen LogP contribution in [0.5, 0.6) is 0 Å². The zero-order valence-electron chi connectivity index (χ0n) is 16.7. The Labute approximate surface area is 170 Å². The largest absolute Gasteiger partial charge is 0.368 e. The van der Waals surface area contributed by atoms with Gasteiger partial charge in [-0.1, -0.05) is 12.8 Å². The molecule has 1 aromatic heterocycles. The van der Waals surface area contributed by atoms with E-state index in [0.29, 0.717) is 19.6 Å². The normalized spacial score (nSPS) is 18.7. The quantitative estimate of drug-likeness (QED) is 0.757. The van der Waals surface area contributed by atoms with Crippen LogP contribution in [0, 0.1) is 5.82 Å². The van der Waals surface area contributed by atoms with Gasteiger partial charge in [0.1, 0.15) is 12.4 Å². The topological polar surface area (TPSA) is 70.4 Å². The van der Waals surface area contributed by atoms with E-state index in [1.807, 2.05) is 4.90 Å². The molecule has 2 aliphatic heterocycles. The summed E-state index contributed by atoms with van der Waals surface area (Å²) >= 11 is 0. The molecule has 1 amide bonds. The molecule has 1 aromatic carbocycles. The Morgan fingerprint density at radius 2 is 1.62 bits per heavy atom. The molecule has 2 saturated heterocycles. The highest BCUT2D eigenvalue weighted by atomic mass is 19.1. The average molecular weight is 401 g/mol. The Bertz CT molecular complexity index is 793. The molecular weight excluding hydrogens is 373 g/mol. The van der Waals surface area contributed by atoms with E-state index < -0.39 is 0 Å². The smallest absolute Gasteiger partial charge is 0.244 e. The number of amides is 1. The second-order valence-corrected chi connectivity index (χ2v) is 7.79. The minimum Gasteiger partial charge on any atom is -0.368 e. The van der Waals surface area contributed by atoms with Gasteiger partial charge in [-0.3, -0.25) is 9.69 Å². The summed E-state index contributed by atoms with van der Waals surface area (Å²) in [7, 11) is 0. The maximum Gasteiger partial charge on any atom is 0.244 e. The molecule has 0 spiro atoms. The Kier molecular flexibility index (Phi) is 6.33. The molecule has 2 fully saturated rings. The number of carbonyl (C=O) groups excluding carboxylic acids is 1. The van der Waals surface area contributed by atoms with Gasteiger partial charge in [0.05, 0.1) is 6.54 Å². The van der Waals surface area contributed by atoms with Crippen LogP contribution in [0.4, 0.5) is 10.1 Å². The molecule has 2 aromatic rings. The van der Waals surface area contributed by atoms with E-state index in [1.165, 1.54) is 37.8 Å². The van der Waals surface area contributed by atoms with E-state index in [0.717, 1.165) is 37.7 Å². The standard InChI is InChI=1S/C20H28FN7O/c21-17-5-7-18(8-6-17)26-11-13-27(14-12-26)20(29)16-28-19(22-23-24-28)15-25-9-3-1-2-4-10-25/h5-8H,1-4,9-16H2. The summed E-state index contributed by atoms with van der Waals surface area (Å²) in [6.45, 7) is 5.73. The molecule has 3 heterocycles. The highest BCUT2D eigenvalue weighted by Crippen LogP contribution is 2.17. The van der Waals surface area contributed by atoms with E-state index in [1.54, 1.807) is 16.8 Å². The number of likely N-dealkylation sites (tertiary alicyclic amines) is 1. The van der Waals surface area contributed by atoms with Crippen molar-refractivity contribution in [3.05, 3.63) is 35.9 Å². The van der Waals surface area contributed by atoms with Gasteiger partial charge in [-0.15, -0.1) is 5.10 Å². The monoisotopic (exact) mass is 401 g/mol. The Morgan fingerprint density at radius 3 is 2.31 bits per heavy atom. The van der Waals surface area contributed by atoms with Gasteiger partial charge in [0.2, 0.25) is 5.91 Å². The maximum atomic E-state index is 13.1. The second-order valence-electron chi connectivity index (χ2n) is 7.79. The van der Waals surface area contributed by atoms with Gasteiger partial charge in [-0.05, 0) is 60.6 Å². The minimum absolute atomic E-state index is 0.0353. The van der Waals surface area contributed by atoms with Gasteiger partial charge in [0.15, 0.2) is 5.82 Å². The first-order valence-electron chi connectivity index (χ1n) is 10.4. The number of tetrazole rings is 1. The number of piperazine rings is 1. The second kappa shape index (κ2) is 9.30. The first-order valence-corrected chi connectivity index (χ1v) is 10.4. The van der Waals surface area contributed by atoms with Crippen molar-refractivity contribution in [2.75, 3.05) is 44.2 Å². The summed E-state index contributed by atoms with van der Waals surface area (Å²) in [5, 5.41) is 12.0. The summed E-state index contributed by atoms with van der Waals surface area (Å²) < 4.78 is 14.7. The maximum absolute atomic E-state index is 13.1. The van der Waals surface area contributed by atoms with Gasteiger partial charge >= 0.3 is 0 Å². The summed E-state index contributed by atoms with van der Waals surface area (Å²) in [5.74, 6) is 0.554. The number of hydrogen-bond acceptors (Lipinski definition) is 6. The van der Waals surface area contributed by atoms with Crippen LogP contribution in [0.15, 0.2) is 24.3 Å². The molecule has 29 heavy (non-hydrogen) atoms. The molecule has 8 nitrogen and oxygen atoms in total. The lowest BCUT2D eigenvalue weighted by Crippen LogP contribution is -2.49. The Hall–Kier alpha value is -2.55. The lowest BCUT2D eigenvalue weighted by molar-refractivity contribution is -0.132. The van der Waals surface area contributed by atoms with Gasteiger partial charge < -0.3 is 9.80 Å². The van der Waals surface area contributed by atoms with E-state index in [4.69, 9.17) is 0 Å². The van der Waals surface area contributed by atoms with E-state index in [-0.39, 0.29) is 18.3 Å². The summed E-state index contributed by atoms with van der Waals surface area (Å²) in [6, 6.07) is 6.50. The molecule has 0 atom stereocenters. The molecule has 0 saturated carbocycles. The van der Waals surface area contributed by atoms with Crippen molar-refractivity contribution < 1.29 is 9.18 Å². The fourth-order valence-electron chi connectivity index (χ4n) is 4.05. The molecule has 0 aliphatic carbocycles. The molecule has 4 rings (SSSR count). The number of halogens is 1. The summed E-state index contributed by atoms with van der Waals surface area (Å²) in [4.78, 5) is 19.2. The molecule has 0 bridgehead atoms. The van der Waals surface area contributed by atoms with Crippen molar-refractivity contribution in [2.24, 2.45) is 0 Å². The number of carbonyl (C=O) groups is 1. The molecule has 2 aliphatic rings. The Morgan fingerprint density at radius 1 is 0.931 bits per heavy atom. The molecule has 0 radical (unpaired) electrons. The van der Waals surface area contributed by atoms with Crippen LogP contribution >= 0.6 is 0 Å². The molecule has 0 N–H and O–H groups in total. The SMILES string of the molecule is O=C(Cn1nnnc1CN1CCCCCC1)N1CCN(c2ccc(F)cc2)CC1. The van der Waals surface area contributed by atoms with Gasteiger partial charge in [0.25, 0.3) is 0 Å². The number of benzene rings is 1.